The van der Waals surface area contributed by atoms with Crippen LogP contribution >= 0.6 is 11.3 Å². The number of hydrogen-bond acceptors (Lipinski definition) is 4. The van der Waals surface area contributed by atoms with E-state index in [1.807, 2.05) is 25.9 Å². The lowest BCUT2D eigenvalue weighted by molar-refractivity contribution is 0.320. The topological polar surface area (TPSA) is 53.4 Å². The molecule has 0 amide bonds. The summed E-state index contributed by atoms with van der Waals surface area (Å²) in [6.07, 6.45) is 1.45. The predicted molar refractivity (Wildman–Crippen MR) is 53.3 cm³/mol. The molecule has 1 aromatic rings. The van der Waals surface area contributed by atoms with Crippen LogP contribution in [0.4, 0.5) is 0 Å². The first kappa shape index (κ1) is 10.8. The molecular formula is C7H12N2O2S2. The maximum Gasteiger partial charge on any atom is 0.198 e. The summed E-state index contributed by atoms with van der Waals surface area (Å²) in [5, 5.41) is 0.863. The summed E-state index contributed by atoms with van der Waals surface area (Å²) in [5.41, 5.74) is 0. The molecule has 2 atom stereocenters. The van der Waals surface area contributed by atoms with Gasteiger partial charge in [-0.05, 0) is 21.0 Å². The fraction of sp³-hybridized carbons (Fsp3) is 0.571. The molecule has 1 aromatic heterocycles. The molecule has 1 N–H and O–H groups in total. The van der Waals surface area contributed by atoms with Crippen LogP contribution in [0, 0.1) is 0 Å². The fourth-order valence-electron chi connectivity index (χ4n) is 0.767. The standard InChI is InChI=1S/C7H12N2O2S2/c1-5(9(2)3)7-8-4-6(12-7)13(10)11/h4-5H,1-3H3,(H,10,11). The molecule has 0 aliphatic carbocycles. The zero-order valence-electron chi connectivity index (χ0n) is 7.72. The molecule has 6 heteroatoms. The van der Waals surface area contributed by atoms with Crippen molar-refractivity contribution < 1.29 is 8.76 Å². The van der Waals surface area contributed by atoms with Gasteiger partial charge in [-0.15, -0.1) is 11.3 Å². The zero-order chi connectivity index (χ0) is 10.0. The zero-order valence-corrected chi connectivity index (χ0v) is 9.35. The highest BCUT2D eigenvalue weighted by molar-refractivity contribution is 7.81. The van der Waals surface area contributed by atoms with Gasteiger partial charge in [0.1, 0.15) is 9.22 Å². The summed E-state index contributed by atoms with van der Waals surface area (Å²) < 4.78 is 19.9. The minimum Gasteiger partial charge on any atom is -0.302 e. The van der Waals surface area contributed by atoms with E-state index in [0.717, 1.165) is 5.01 Å². The Morgan fingerprint density at radius 2 is 2.31 bits per heavy atom. The number of nitrogens with zero attached hydrogens (tertiary/aromatic N) is 2. The number of thiazole rings is 1. The largest absolute Gasteiger partial charge is 0.302 e. The van der Waals surface area contributed by atoms with Crippen molar-refractivity contribution in [3.8, 4) is 0 Å². The Kier molecular flexibility index (Phi) is 3.55. The molecule has 13 heavy (non-hydrogen) atoms. The van der Waals surface area contributed by atoms with Crippen LogP contribution in [-0.4, -0.2) is 32.7 Å². The van der Waals surface area contributed by atoms with E-state index in [0.29, 0.717) is 4.21 Å². The van der Waals surface area contributed by atoms with Crippen LogP contribution in [0.3, 0.4) is 0 Å². The van der Waals surface area contributed by atoms with Gasteiger partial charge < -0.3 is 9.45 Å². The molecule has 0 aliphatic rings. The molecule has 1 heterocycles. The minimum absolute atomic E-state index is 0.183. The number of rotatable bonds is 3. The smallest absolute Gasteiger partial charge is 0.198 e. The highest BCUT2D eigenvalue weighted by atomic mass is 32.2. The van der Waals surface area contributed by atoms with Crippen molar-refractivity contribution in [2.24, 2.45) is 0 Å². The van der Waals surface area contributed by atoms with E-state index in [1.165, 1.54) is 17.5 Å². The summed E-state index contributed by atoms with van der Waals surface area (Å²) in [6, 6.07) is 0.183. The molecule has 74 valence electrons. The van der Waals surface area contributed by atoms with Crippen molar-refractivity contribution >= 4 is 22.4 Å². The van der Waals surface area contributed by atoms with Gasteiger partial charge in [-0.3, -0.25) is 0 Å². The van der Waals surface area contributed by atoms with Crippen molar-refractivity contribution in [3.63, 3.8) is 0 Å². The second-order valence-corrected chi connectivity index (χ2v) is 5.17. The maximum atomic E-state index is 10.7. The molecule has 0 aromatic carbocycles. The fourth-order valence-corrected chi connectivity index (χ4v) is 2.25. The van der Waals surface area contributed by atoms with Crippen LogP contribution in [0.5, 0.6) is 0 Å². The van der Waals surface area contributed by atoms with Crippen LogP contribution < -0.4 is 0 Å². The Bertz CT molecular complexity index is 311. The highest BCUT2D eigenvalue weighted by Gasteiger charge is 2.14. The molecule has 0 saturated carbocycles. The molecular weight excluding hydrogens is 208 g/mol. The Morgan fingerprint density at radius 3 is 2.69 bits per heavy atom. The van der Waals surface area contributed by atoms with E-state index in [9.17, 15) is 4.21 Å². The third-order valence-corrected chi connectivity index (χ3v) is 3.90. The third-order valence-electron chi connectivity index (χ3n) is 1.81. The van der Waals surface area contributed by atoms with Gasteiger partial charge in [-0.2, -0.15) is 0 Å². The average Bonchev–Trinajstić information content (AvgIpc) is 2.50. The lowest BCUT2D eigenvalue weighted by Gasteiger charge is -2.16. The summed E-state index contributed by atoms with van der Waals surface area (Å²) in [5.74, 6) is 0. The van der Waals surface area contributed by atoms with Crippen LogP contribution in [-0.2, 0) is 11.1 Å². The van der Waals surface area contributed by atoms with Crippen molar-refractivity contribution in [3.05, 3.63) is 11.2 Å². The minimum atomic E-state index is -1.90. The van der Waals surface area contributed by atoms with Gasteiger partial charge in [-0.25, -0.2) is 9.19 Å². The molecule has 4 nitrogen and oxygen atoms in total. The summed E-state index contributed by atoms with van der Waals surface area (Å²) in [7, 11) is 3.89. The summed E-state index contributed by atoms with van der Waals surface area (Å²) in [4.78, 5) is 6.09. The molecule has 2 unspecified atom stereocenters. The van der Waals surface area contributed by atoms with Gasteiger partial charge in [0.15, 0.2) is 11.1 Å². The van der Waals surface area contributed by atoms with Crippen LogP contribution in [0.1, 0.15) is 18.0 Å². The highest BCUT2D eigenvalue weighted by Crippen LogP contribution is 2.24. The molecule has 0 bridgehead atoms. The normalized spacial score (nSPS) is 16.1. The molecule has 0 saturated heterocycles. The van der Waals surface area contributed by atoms with Gasteiger partial charge >= 0.3 is 0 Å². The Hall–Kier alpha value is -0.300. The van der Waals surface area contributed by atoms with Gasteiger partial charge in [0, 0.05) is 0 Å². The first-order valence-corrected chi connectivity index (χ1v) is 5.67. The van der Waals surface area contributed by atoms with Gasteiger partial charge in [-0.1, -0.05) is 0 Å². The Morgan fingerprint density at radius 1 is 1.69 bits per heavy atom. The van der Waals surface area contributed by atoms with Gasteiger partial charge in [0.2, 0.25) is 0 Å². The van der Waals surface area contributed by atoms with Crippen LogP contribution in [0.2, 0.25) is 0 Å². The number of aromatic nitrogens is 1. The molecule has 0 radical (unpaired) electrons. The van der Waals surface area contributed by atoms with Crippen molar-refractivity contribution in [2.45, 2.75) is 17.2 Å². The quantitative estimate of drug-likeness (QED) is 0.781. The predicted octanol–water partition coefficient (Wildman–Crippen LogP) is 1.35. The maximum absolute atomic E-state index is 10.7. The van der Waals surface area contributed by atoms with E-state index in [4.69, 9.17) is 4.55 Å². The monoisotopic (exact) mass is 220 g/mol. The Labute approximate surface area is 83.9 Å². The van der Waals surface area contributed by atoms with Crippen molar-refractivity contribution in [1.82, 2.24) is 9.88 Å². The Balaban J connectivity index is 2.85. The van der Waals surface area contributed by atoms with Crippen molar-refractivity contribution in [2.75, 3.05) is 14.1 Å². The van der Waals surface area contributed by atoms with Crippen molar-refractivity contribution in [1.29, 1.82) is 0 Å². The first-order chi connectivity index (χ1) is 6.02. The van der Waals surface area contributed by atoms with Crippen LogP contribution in [0.15, 0.2) is 10.4 Å². The molecule has 0 aliphatic heterocycles. The van der Waals surface area contributed by atoms with E-state index < -0.39 is 11.1 Å². The average molecular weight is 220 g/mol. The second-order valence-electron chi connectivity index (χ2n) is 2.91. The van der Waals surface area contributed by atoms with E-state index in [2.05, 4.69) is 4.98 Å². The second kappa shape index (κ2) is 4.28. The summed E-state index contributed by atoms with van der Waals surface area (Å²) in [6.45, 7) is 2.00. The molecule has 0 fully saturated rings. The van der Waals surface area contributed by atoms with Gasteiger partial charge in [0.05, 0.1) is 12.2 Å². The SMILES string of the molecule is CC(c1ncc(S(=O)O)s1)N(C)C. The van der Waals surface area contributed by atoms with E-state index >= 15 is 0 Å². The first-order valence-electron chi connectivity index (χ1n) is 3.75. The number of hydrogen-bond donors (Lipinski definition) is 1. The molecule has 1 rings (SSSR count). The molecule has 0 spiro atoms. The van der Waals surface area contributed by atoms with E-state index in [1.54, 1.807) is 0 Å². The van der Waals surface area contributed by atoms with Crippen LogP contribution in [0.25, 0.3) is 0 Å². The van der Waals surface area contributed by atoms with E-state index in [-0.39, 0.29) is 6.04 Å². The third kappa shape index (κ3) is 2.57. The lowest BCUT2D eigenvalue weighted by atomic mass is 10.3. The summed E-state index contributed by atoms with van der Waals surface area (Å²) >= 11 is -0.626. The van der Waals surface area contributed by atoms with Gasteiger partial charge in [0.25, 0.3) is 0 Å². The lowest BCUT2D eigenvalue weighted by Crippen LogP contribution is -2.16.